The second-order valence-corrected chi connectivity index (χ2v) is 6.55. The van der Waals surface area contributed by atoms with E-state index >= 15 is 0 Å². The Bertz CT molecular complexity index is 1100. The first-order valence-electron chi connectivity index (χ1n) is 8.70. The molecule has 0 saturated carbocycles. The second-order valence-electron chi connectivity index (χ2n) is 6.55. The molecule has 0 unspecified atom stereocenters. The van der Waals surface area contributed by atoms with Crippen LogP contribution in [0.3, 0.4) is 0 Å². The van der Waals surface area contributed by atoms with Crippen LogP contribution in [0.5, 0.6) is 0 Å². The van der Waals surface area contributed by atoms with E-state index in [0.717, 1.165) is 11.8 Å². The van der Waals surface area contributed by atoms with E-state index < -0.39 is 11.6 Å². The van der Waals surface area contributed by atoms with Gasteiger partial charge in [0.2, 0.25) is 0 Å². The lowest BCUT2D eigenvalue weighted by molar-refractivity contribution is 0.584. The molecule has 0 aliphatic carbocycles. The van der Waals surface area contributed by atoms with Crippen LogP contribution in [0.1, 0.15) is 25.6 Å². The molecule has 2 aromatic carbocycles. The Morgan fingerprint density at radius 1 is 0.964 bits per heavy atom. The van der Waals surface area contributed by atoms with Crippen LogP contribution in [0.25, 0.3) is 28.3 Å². The minimum atomic E-state index is -0.687. The molecular formula is C20H16F2N6. The number of halogens is 2. The third-order valence-corrected chi connectivity index (χ3v) is 4.17. The first-order chi connectivity index (χ1) is 13.5. The highest BCUT2D eigenvalue weighted by atomic mass is 19.1. The van der Waals surface area contributed by atoms with Gasteiger partial charge in [-0.15, -0.1) is 5.10 Å². The van der Waals surface area contributed by atoms with Crippen LogP contribution in [0, 0.1) is 11.6 Å². The predicted octanol–water partition coefficient (Wildman–Crippen LogP) is 4.19. The molecule has 6 nitrogen and oxygen atoms in total. The van der Waals surface area contributed by atoms with Crippen molar-refractivity contribution in [1.82, 2.24) is 30.2 Å². The van der Waals surface area contributed by atoms with Gasteiger partial charge in [0.25, 0.3) is 0 Å². The van der Waals surface area contributed by atoms with Crippen molar-refractivity contribution in [1.29, 1.82) is 0 Å². The standard InChI is InChI=1S/C20H16F2N6/c1-12(2)19-23-11-17(18(24-19)13-8-14(21)10-15(22)9-13)20-25-26-27-28(20)16-6-4-3-5-7-16/h3-12H,1-2H3. The molecule has 0 radical (unpaired) electrons. The van der Waals surface area contributed by atoms with Crippen LogP contribution in [-0.4, -0.2) is 30.2 Å². The summed E-state index contributed by atoms with van der Waals surface area (Å²) in [6, 6.07) is 12.6. The van der Waals surface area contributed by atoms with Gasteiger partial charge in [0, 0.05) is 23.7 Å². The van der Waals surface area contributed by atoms with Gasteiger partial charge in [-0.2, -0.15) is 4.68 Å². The molecule has 0 amide bonds. The van der Waals surface area contributed by atoms with Gasteiger partial charge in [0.15, 0.2) is 5.82 Å². The van der Waals surface area contributed by atoms with Crippen LogP contribution in [-0.2, 0) is 0 Å². The van der Waals surface area contributed by atoms with E-state index in [1.807, 2.05) is 44.2 Å². The summed E-state index contributed by atoms with van der Waals surface area (Å²) in [6.07, 6.45) is 1.59. The lowest BCUT2D eigenvalue weighted by atomic mass is 10.0. The number of hydrogen-bond donors (Lipinski definition) is 0. The summed E-state index contributed by atoms with van der Waals surface area (Å²) in [5, 5.41) is 11.9. The lowest BCUT2D eigenvalue weighted by Gasteiger charge is -2.12. The van der Waals surface area contributed by atoms with E-state index in [1.54, 1.807) is 6.20 Å². The zero-order chi connectivity index (χ0) is 19.7. The molecule has 4 aromatic rings. The number of para-hydroxylation sites is 1. The zero-order valence-corrected chi connectivity index (χ0v) is 15.2. The molecule has 0 fully saturated rings. The quantitative estimate of drug-likeness (QED) is 0.533. The van der Waals surface area contributed by atoms with E-state index in [-0.39, 0.29) is 5.92 Å². The van der Waals surface area contributed by atoms with Crippen LogP contribution < -0.4 is 0 Å². The molecule has 0 N–H and O–H groups in total. The number of rotatable bonds is 4. The SMILES string of the molecule is CC(C)c1ncc(-c2nnnn2-c2ccccc2)c(-c2cc(F)cc(F)c2)n1. The maximum Gasteiger partial charge on any atom is 0.190 e. The summed E-state index contributed by atoms with van der Waals surface area (Å²) in [5.41, 5.74) is 1.87. The van der Waals surface area contributed by atoms with Crippen molar-refractivity contribution >= 4 is 0 Å². The van der Waals surface area contributed by atoms with Crippen molar-refractivity contribution in [2.45, 2.75) is 19.8 Å². The summed E-state index contributed by atoms with van der Waals surface area (Å²) in [4.78, 5) is 8.95. The number of aromatic nitrogens is 6. The smallest absolute Gasteiger partial charge is 0.190 e. The van der Waals surface area contributed by atoms with Crippen molar-refractivity contribution in [3.63, 3.8) is 0 Å². The molecule has 28 heavy (non-hydrogen) atoms. The van der Waals surface area contributed by atoms with Crippen molar-refractivity contribution in [3.8, 4) is 28.3 Å². The fraction of sp³-hybridized carbons (Fsp3) is 0.150. The molecule has 0 aliphatic heterocycles. The number of nitrogens with zero attached hydrogens (tertiary/aromatic N) is 6. The summed E-state index contributed by atoms with van der Waals surface area (Å²) < 4.78 is 29.3. The van der Waals surface area contributed by atoms with Gasteiger partial charge >= 0.3 is 0 Å². The summed E-state index contributed by atoms with van der Waals surface area (Å²) in [6.45, 7) is 3.89. The van der Waals surface area contributed by atoms with Crippen LogP contribution >= 0.6 is 0 Å². The van der Waals surface area contributed by atoms with Gasteiger partial charge in [-0.05, 0) is 34.7 Å². The Balaban J connectivity index is 1.95. The van der Waals surface area contributed by atoms with E-state index in [4.69, 9.17) is 0 Å². The highest BCUT2D eigenvalue weighted by Gasteiger charge is 2.20. The lowest BCUT2D eigenvalue weighted by Crippen LogP contribution is -2.05. The topological polar surface area (TPSA) is 69.4 Å². The van der Waals surface area contributed by atoms with Gasteiger partial charge in [0.05, 0.1) is 16.9 Å². The normalized spacial score (nSPS) is 11.2. The molecule has 0 aliphatic rings. The highest BCUT2D eigenvalue weighted by Crippen LogP contribution is 2.31. The summed E-state index contributed by atoms with van der Waals surface area (Å²) >= 11 is 0. The van der Waals surface area contributed by atoms with Crippen molar-refractivity contribution < 1.29 is 8.78 Å². The minimum absolute atomic E-state index is 0.0383. The average Bonchev–Trinajstić information content (AvgIpc) is 3.17. The largest absolute Gasteiger partial charge is 0.240 e. The van der Waals surface area contributed by atoms with Gasteiger partial charge in [-0.1, -0.05) is 32.0 Å². The maximum atomic E-state index is 13.9. The van der Waals surface area contributed by atoms with Crippen molar-refractivity contribution in [2.75, 3.05) is 0 Å². The van der Waals surface area contributed by atoms with E-state index in [2.05, 4.69) is 25.5 Å². The summed E-state index contributed by atoms with van der Waals surface area (Å²) in [7, 11) is 0. The Morgan fingerprint density at radius 2 is 1.68 bits per heavy atom. The van der Waals surface area contributed by atoms with E-state index in [1.165, 1.54) is 16.8 Å². The zero-order valence-electron chi connectivity index (χ0n) is 15.2. The molecule has 0 spiro atoms. The Hall–Kier alpha value is -3.55. The van der Waals surface area contributed by atoms with Gasteiger partial charge < -0.3 is 0 Å². The number of tetrazole rings is 1. The Labute approximate surface area is 159 Å². The van der Waals surface area contributed by atoms with Crippen LogP contribution in [0.15, 0.2) is 54.7 Å². The predicted molar refractivity (Wildman–Crippen MR) is 99.6 cm³/mol. The molecule has 4 rings (SSSR count). The first kappa shape index (κ1) is 17.8. The van der Waals surface area contributed by atoms with Gasteiger partial charge in [-0.25, -0.2) is 18.7 Å². The molecule has 0 atom stereocenters. The Morgan fingerprint density at radius 3 is 2.36 bits per heavy atom. The van der Waals surface area contributed by atoms with Crippen molar-refractivity contribution in [3.05, 3.63) is 72.2 Å². The molecule has 8 heteroatoms. The van der Waals surface area contributed by atoms with Gasteiger partial charge in [0.1, 0.15) is 17.5 Å². The molecule has 0 bridgehead atoms. The molecule has 0 saturated heterocycles. The van der Waals surface area contributed by atoms with E-state index in [9.17, 15) is 8.78 Å². The van der Waals surface area contributed by atoms with Gasteiger partial charge in [-0.3, -0.25) is 0 Å². The first-order valence-corrected chi connectivity index (χ1v) is 8.70. The van der Waals surface area contributed by atoms with Crippen molar-refractivity contribution in [2.24, 2.45) is 0 Å². The molecular weight excluding hydrogens is 362 g/mol. The fourth-order valence-corrected chi connectivity index (χ4v) is 2.85. The van der Waals surface area contributed by atoms with Crippen LogP contribution in [0.2, 0.25) is 0 Å². The molecule has 2 aromatic heterocycles. The summed E-state index contributed by atoms with van der Waals surface area (Å²) in [5.74, 6) is -0.402. The minimum Gasteiger partial charge on any atom is -0.240 e. The number of hydrogen-bond acceptors (Lipinski definition) is 5. The fourth-order valence-electron chi connectivity index (χ4n) is 2.85. The Kier molecular flexibility index (Phi) is 4.60. The maximum absolute atomic E-state index is 13.9. The monoisotopic (exact) mass is 378 g/mol. The molecule has 2 heterocycles. The average molecular weight is 378 g/mol. The van der Waals surface area contributed by atoms with E-state index in [0.29, 0.717) is 28.5 Å². The molecule has 140 valence electrons. The number of benzene rings is 2. The highest BCUT2D eigenvalue weighted by molar-refractivity contribution is 5.77. The second kappa shape index (κ2) is 7.22. The third-order valence-electron chi connectivity index (χ3n) is 4.17. The van der Waals surface area contributed by atoms with Crippen LogP contribution in [0.4, 0.5) is 8.78 Å². The third kappa shape index (κ3) is 3.36.